The van der Waals surface area contributed by atoms with Gasteiger partial charge in [-0.15, -0.1) is 0 Å². The average molecular weight is 249 g/mol. The number of nitrogens with one attached hydrogen (secondary N) is 1. The molecule has 1 aliphatic rings. The number of nitriles is 1. The van der Waals surface area contributed by atoms with Crippen molar-refractivity contribution in [3.05, 3.63) is 59.7 Å². The van der Waals surface area contributed by atoms with Crippen molar-refractivity contribution in [2.24, 2.45) is 0 Å². The van der Waals surface area contributed by atoms with Gasteiger partial charge in [-0.1, -0.05) is 30.3 Å². The van der Waals surface area contributed by atoms with Crippen molar-refractivity contribution >= 4 is 11.4 Å². The van der Waals surface area contributed by atoms with Crippen molar-refractivity contribution in [1.29, 1.82) is 5.26 Å². The lowest BCUT2D eigenvalue weighted by molar-refractivity contribution is 1.04. The van der Waals surface area contributed by atoms with Gasteiger partial charge in [0, 0.05) is 17.6 Å². The monoisotopic (exact) mass is 249 g/mol. The van der Waals surface area contributed by atoms with E-state index in [2.05, 4.69) is 35.7 Å². The van der Waals surface area contributed by atoms with Crippen LogP contribution in [-0.4, -0.2) is 6.04 Å². The lowest BCUT2D eigenvalue weighted by atomic mass is 10.1. The van der Waals surface area contributed by atoms with Crippen LogP contribution >= 0.6 is 0 Å². The van der Waals surface area contributed by atoms with Crippen LogP contribution in [0, 0.1) is 11.3 Å². The Bertz CT molecular complexity index is 628. The molecule has 2 unspecified atom stereocenters. The van der Waals surface area contributed by atoms with E-state index in [4.69, 9.17) is 11.0 Å². The molecule has 19 heavy (non-hydrogen) atoms. The summed E-state index contributed by atoms with van der Waals surface area (Å²) >= 11 is 0. The van der Waals surface area contributed by atoms with Crippen molar-refractivity contribution in [2.75, 3.05) is 11.1 Å². The Morgan fingerprint density at radius 2 is 1.95 bits per heavy atom. The highest BCUT2D eigenvalue weighted by Crippen LogP contribution is 2.43. The zero-order chi connectivity index (χ0) is 13.2. The van der Waals surface area contributed by atoms with Gasteiger partial charge >= 0.3 is 0 Å². The minimum Gasteiger partial charge on any atom is -0.399 e. The number of benzene rings is 2. The molecule has 3 N–H and O–H groups in total. The molecule has 3 rings (SSSR count). The minimum atomic E-state index is 0.415. The fourth-order valence-corrected chi connectivity index (χ4v) is 2.40. The van der Waals surface area contributed by atoms with Crippen LogP contribution in [0.3, 0.4) is 0 Å². The maximum Gasteiger partial charge on any atom is 0.101 e. The third kappa shape index (κ3) is 2.38. The van der Waals surface area contributed by atoms with Crippen LogP contribution in [-0.2, 0) is 0 Å². The molecule has 0 bridgehead atoms. The first-order valence-electron chi connectivity index (χ1n) is 6.39. The SMILES string of the molecule is N#Cc1cc(N)ccc1NC1CC1c1ccccc1. The van der Waals surface area contributed by atoms with E-state index in [0.29, 0.717) is 23.2 Å². The standard InChI is InChI=1S/C16H15N3/c17-10-12-8-13(18)6-7-15(12)19-16-9-14(16)11-4-2-1-3-5-11/h1-8,14,16,19H,9,18H2. The van der Waals surface area contributed by atoms with Gasteiger partial charge in [0.25, 0.3) is 0 Å². The molecule has 3 nitrogen and oxygen atoms in total. The fourth-order valence-electron chi connectivity index (χ4n) is 2.40. The smallest absolute Gasteiger partial charge is 0.101 e. The molecule has 1 fully saturated rings. The summed E-state index contributed by atoms with van der Waals surface area (Å²) in [6, 6.07) is 18.5. The molecule has 2 aromatic carbocycles. The molecule has 2 atom stereocenters. The van der Waals surface area contributed by atoms with E-state index < -0.39 is 0 Å². The molecule has 0 saturated heterocycles. The number of nitrogens with zero attached hydrogens (tertiary/aromatic N) is 1. The topological polar surface area (TPSA) is 61.8 Å². The van der Waals surface area contributed by atoms with Crippen LogP contribution < -0.4 is 11.1 Å². The Morgan fingerprint density at radius 1 is 1.16 bits per heavy atom. The Kier molecular flexibility index (Phi) is 2.85. The first-order valence-corrected chi connectivity index (χ1v) is 6.39. The minimum absolute atomic E-state index is 0.415. The normalized spacial score (nSPS) is 20.6. The first-order chi connectivity index (χ1) is 9.28. The molecule has 1 aliphatic carbocycles. The zero-order valence-electron chi connectivity index (χ0n) is 10.5. The Labute approximate surface area is 112 Å². The van der Waals surface area contributed by atoms with Crippen LogP contribution in [0.2, 0.25) is 0 Å². The second-order valence-electron chi connectivity index (χ2n) is 4.92. The number of nitrogens with two attached hydrogens (primary N) is 1. The summed E-state index contributed by atoms with van der Waals surface area (Å²) in [5, 5.41) is 12.5. The highest BCUT2D eigenvalue weighted by molar-refractivity contribution is 5.64. The van der Waals surface area contributed by atoms with E-state index in [9.17, 15) is 0 Å². The van der Waals surface area contributed by atoms with Gasteiger partial charge < -0.3 is 11.1 Å². The van der Waals surface area contributed by atoms with Gasteiger partial charge in [-0.2, -0.15) is 5.26 Å². The molecule has 0 aliphatic heterocycles. The number of anilines is 2. The second kappa shape index (κ2) is 4.66. The third-order valence-corrected chi connectivity index (χ3v) is 3.52. The summed E-state index contributed by atoms with van der Waals surface area (Å²) in [7, 11) is 0. The van der Waals surface area contributed by atoms with Crippen molar-refractivity contribution in [3.63, 3.8) is 0 Å². The number of nitrogen functional groups attached to an aromatic ring is 1. The molecule has 0 heterocycles. The summed E-state index contributed by atoms with van der Waals surface area (Å²) < 4.78 is 0. The van der Waals surface area contributed by atoms with Gasteiger partial charge in [-0.05, 0) is 30.2 Å². The van der Waals surface area contributed by atoms with Gasteiger partial charge in [0.1, 0.15) is 6.07 Å². The number of hydrogen-bond acceptors (Lipinski definition) is 3. The zero-order valence-corrected chi connectivity index (χ0v) is 10.5. The molecule has 2 aromatic rings. The van der Waals surface area contributed by atoms with Crippen molar-refractivity contribution in [3.8, 4) is 6.07 Å². The van der Waals surface area contributed by atoms with E-state index in [1.165, 1.54) is 5.56 Å². The van der Waals surface area contributed by atoms with Gasteiger partial charge in [0.15, 0.2) is 0 Å². The maximum atomic E-state index is 9.11. The van der Waals surface area contributed by atoms with Gasteiger partial charge in [-0.25, -0.2) is 0 Å². The molecule has 0 aromatic heterocycles. The first kappa shape index (κ1) is 11.6. The fraction of sp³-hybridized carbons (Fsp3) is 0.188. The van der Waals surface area contributed by atoms with E-state index >= 15 is 0 Å². The van der Waals surface area contributed by atoms with E-state index in [-0.39, 0.29) is 0 Å². The van der Waals surface area contributed by atoms with Gasteiger partial charge in [0.05, 0.1) is 11.3 Å². The maximum absolute atomic E-state index is 9.11. The van der Waals surface area contributed by atoms with Crippen LogP contribution in [0.5, 0.6) is 0 Å². The molecule has 0 spiro atoms. The third-order valence-electron chi connectivity index (χ3n) is 3.52. The molecular weight excluding hydrogens is 234 g/mol. The quantitative estimate of drug-likeness (QED) is 0.822. The molecule has 1 saturated carbocycles. The molecule has 3 heteroatoms. The molecule has 94 valence electrons. The summed E-state index contributed by atoms with van der Waals surface area (Å²) in [6.07, 6.45) is 1.11. The van der Waals surface area contributed by atoms with Gasteiger partial charge in [0.2, 0.25) is 0 Å². The summed E-state index contributed by atoms with van der Waals surface area (Å²) in [6.45, 7) is 0. The van der Waals surface area contributed by atoms with E-state index in [0.717, 1.165) is 12.1 Å². The second-order valence-corrected chi connectivity index (χ2v) is 4.92. The van der Waals surface area contributed by atoms with E-state index in [1.807, 2.05) is 18.2 Å². The predicted octanol–water partition coefficient (Wildman–Crippen LogP) is 3.11. The highest BCUT2D eigenvalue weighted by Gasteiger charge is 2.38. The summed E-state index contributed by atoms with van der Waals surface area (Å²) in [4.78, 5) is 0. The van der Waals surface area contributed by atoms with Crippen LogP contribution in [0.25, 0.3) is 0 Å². The van der Waals surface area contributed by atoms with Crippen LogP contribution in [0.4, 0.5) is 11.4 Å². The van der Waals surface area contributed by atoms with Crippen LogP contribution in [0.1, 0.15) is 23.5 Å². The number of rotatable bonds is 3. The van der Waals surface area contributed by atoms with E-state index in [1.54, 1.807) is 6.07 Å². The van der Waals surface area contributed by atoms with Crippen LogP contribution in [0.15, 0.2) is 48.5 Å². The Hall–Kier alpha value is -2.47. The van der Waals surface area contributed by atoms with Crippen molar-refractivity contribution in [1.82, 2.24) is 0 Å². The average Bonchev–Trinajstić information content (AvgIpc) is 3.21. The van der Waals surface area contributed by atoms with Crippen molar-refractivity contribution < 1.29 is 0 Å². The lowest BCUT2D eigenvalue weighted by Crippen LogP contribution is -2.06. The highest BCUT2D eigenvalue weighted by atomic mass is 15.0. The van der Waals surface area contributed by atoms with Crippen molar-refractivity contribution in [2.45, 2.75) is 18.4 Å². The largest absolute Gasteiger partial charge is 0.399 e. The molecule has 0 amide bonds. The summed E-state index contributed by atoms with van der Waals surface area (Å²) in [5.74, 6) is 0.547. The Morgan fingerprint density at radius 3 is 2.68 bits per heavy atom. The van der Waals surface area contributed by atoms with Gasteiger partial charge in [-0.3, -0.25) is 0 Å². The predicted molar refractivity (Wildman–Crippen MR) is 76.8 cm³/mol. The molecular formula is C16H15N3. The molecule has 0 radical (unpaired) electrons. The Balaban J connectivity index is 1.73. The summed E-state index contributed by atoms with van der Waals surface area (Å²) in [5.41, 5.74) is 9.15. The number of hydrogen-bond donors (Lipinski definition) is 2. The lowest BCUT2D eigenvalue weighted by Gasteiger charge is -2.08.